The summed E-state index contributed by atoms with van der Waals surface area (Å²) in [6, 6.07) is 14.9. The number of anilines is 1. The Labute approximate surface area is 227 Å². The summed E-state index contributed by atoms with van der Waals surface area (Å²) >= 11 is 0. The summed E-state index contributed by atoms with van der Waals surface area (Å²) in [6.45, 7) is 3.89. The van der Waals surface area contributed by atoms with Crippen molar-refractivity contribution in [3.63, 3.8) is 0 Å². The summed E-state index contributed by atoms with van der Waals surface area (Å²) in [5.74, 6) is 1.10. The molecule has 4 aromatic rings. The summed E-state index contributed by atoms with van der Waals surface area (Å²) in [5, 5.41) is 5.38. The van der Waals surface area contributed by atoms with Gasteiger partial charge in [-0.25, -0.2) is 18.1 Å². The van der Waals surface area contributed by atoms with Gasteiger partial charge in [0.1, 0.15) is 0 Å². The number of benzene rings is 2. The Bertz CT molecular complexity index is 1730. The number of amides is 1. The van der Waals surface area contributed by atoms with Gasteiger partial charge >= 0.3 is 0 Å². The third-order valence-electron chi connectivity index (χ3n) is 7.73. The number of sulfone groups is 1. The Kier molecular flexibility index (Phi) is 6.10. The van der Waals surface area contributed by atoms with Crippen LogP contribution in [0, 0.1) is 6.92 Å². The van der Waals surface area contributed by atoms with Gasteiger partial charge in [0.15, 0.2) is 27.0 Å². The number of aromatic nitrogens is 3. The zero-order chi connectivity index (χ0) is 27.5. The van der Waals surface area contributed by atoms with E-state index in [-0.39, 0.29) is 29.5 Å². The van der Waals surface area contributed by atoms with Crippen molar-refractivity contribution in [3.8, 4) is 22.8 Å². The van der Waals surface area contributed by atoms with Crippen molar-refractivity contribution in [1.82, 2.24) is 14.8 Å². The number of aryl methyl sites for hydroxylation is 1. The van der Waals surface area contributed by atoms with Gasteiger partial charge in [0.2, 0.25) is 0 Å². The van der Waals surface area contributed by atoms with Gasteiger partial charge in [-0.3, -0.25) is 4.79 Å². The predicted octanol–water partition coefficient (Wildman–Crippen LogP) is 4.37. The van der Waals surface area contributed by atoms with Crippen molar-refractivity contribution in [2.75, 3.05) is 30.6 Å². The van der Waals surface area contributed by atoms with Gasteiger partial charge in [0, 0.05) is 17.3 Å². The largest absolute Gasteiger partial charge is 0.493 e. The van der Waals surface area contributed by atoms with Crippen LogP contribution >= 0.6 is 0 Å². The number of hydrogen-bond donors (Lipinski definition) is 0. The van der Waals surface area contributed by atoms with Crippen LogP contribution in [0.25, 0.3) is 22.3 Å². The fourth-order valence-electron chi connectivity index (χ4n) is 5.85. The standard InChI is InChI=1S/C29H30N4O5S/c1-17-13-20-7-5-6-8-24(20)32(17)29(34)22-15-23(19-9-10-25(37-3)26(14-19)38-4)30-28-27(22)18(2)31-33(28)21-11-12-39(35,36)16-21/h5-10,14-15,17,21H,11-13,16H2,1-4H3. The minimum atomic E-state index is -3.16. The predicted molar refractivity (Wildman–Crippen MR) is 150 cm³/mol. The van der Waals surface area contributed by atoms with Crippen LogP contribution < -0.4 is 14.4 Å². The molecule has 0 aliphatic carbocycles. The highest BCUT2D eigenvalue weighted by molar-refractivity contribution is 7.91. The second kappa shape index (κ2) is 9.37. The van der Waals surface area contributed by atoms with Gasteiger partial charge < -0.3 is 14.4 Å². The highest BCUT2D eigenvalue weighted by atomic mass is 32.2. The average molecular weight is 547 g/mol. The first-order valence-electron chi connectivity index (χ1n) is 12.9. The lowest BCUT2D eigenvalue weighted by molar-refractivity contribution is 0.0983. The fourth-order valence-corrected chi connectivity index (χ4v) is 7.54. The van der Waals surface area contributed by atoms with Gasteiger partial charge in [0.25, 0.3) is 5.91 Å². The number of para-hydroxylation sites is 1. The second-order valence-corrected chi connectivity index (χ2v) is 12.5. The van der Waals surface area contributed by atoms with E-state index in [2.05, 4.69) is 6.07 Å². The van der Waals surface area contributed by atoms with Crippen molar-refractivity contribution in [2.24, 2.45) is 0 Å². The molecule has 1 saturated heterocycles. The molecule has 6 rings (SSSR count). The average Bonchev–Trinajstić information content (AvgIpc) is 3.58. The third-order valence-corrected chi connectivity index (χ3v) is 9.48. The van der Waals surface area contributed by atoms with E-state index in [1.54, 1.807) is 25.0 Å². The zero-order valence-corrected chi connectivity index (χ0v) is 23.2. The Balaban J connectivity index is 1.57. The summed E-state index contributed by atoms with van der Waals surface area (Å²) in [4.78, 5) is 21.2. The number of methoxy groups -OCH3 is 2. The molecule has 2 atom stereocenters. The summed E-state index contributed by atoms with van der Waals surface area (Å²) in [6.07, 6.45) is 1.23. The van der Waals surface area contributed by atoms with Gasteiger partial charge in [-0.2, -0.15) is 5.10 Å². The van der Waals surface area contributed by atoms with Gasteiger partial charge in [-0.1, -0.05) is 18.2 Å². The van der Waals surface area contributed by atoms with E-state index >= 15 is 0 Å². The van der Waals surface area contributed by atoms with Crippen LogP contribution in [0.5, 0.6) is 11.5 Å². The van der Waals surface area contributed by atoms with E-state index in [0.717, 1.165) is 23.2 Å². The molecule has 0 saturated carbocycles. The van der Waals surface area contributed by atoms with Crippen LogP contribution in [-0.2, 0) is 16.3 Å². The second-order valence-electron chi connectivity index (χ2n) is 10.3. The van der Waals surface area contributed by atoms with Crippen LogP contribution in [0.3, 0.4) is 0 Å². The normalized spacial score (nSPS) is 19.8. The van der Waals surface area contributed by atoms with Crippen molar-refractivity contribution < 1.29 is 22.7 Å². The monoisotopic (exact) mass is 546 g/mol. The smallest absolute Gasteiger partial charge is 0.259 e. The lowest BCUT2D eigenvalue weighted by atomic mass is 10.0. The molecule has 39 heavy (non-hydrogen) atoms. The molecule has 2 aromatic carbocycles. The first-order valence-corrected chi connectivity index (χ1v) is 14.8. The summed E-state index contributed by atoms with van der Waals surface area (Å²) in [5.41, 5.74) is 4.97. The molecule has 1 amide bonds. The molecule has 202 valence electrons. The van der Waals surface area contributed by atoms with Crippen molar-refractivity contribution >= 4 is 32.5 Å². The van der Waals surface area contributed by atoms with Crippen LogP contribution in [0.15, 0.2) is 48.5 Å². The molecule has 2 unspecified atom stereocenters. The quantitative estimate of drug-likeness (QED) is 0.366. The van der Waals surface area contributed by atoms with Gasteiger partial charge in [0.05, 0.1) is 54.1 Å². The lowest BCUT2D eigenvalue weighted by Gasteiger charge is -2.23. The molecule has 2 aliphatic rings. The van der Waals surface area contributed by atoms with Gasteiger partial charge in [-0.15, -0.1) is 0 Å². The maximum Gasteiger partial charge on any atom is 0.259 e. The van der Waals surface area contributed by atoms with Crippen LogP contribution in [-0.4, -0.2) is 60.9 Å². The molecule has 9 nitrogen and oxygen atoms in total. The van der Waals surface area contributed by atoms with E-state index in [1.165, 1.54) is 0 Å². The molecular weight excluding hydrogens is 516 g/mol. The van der Waals surface area contributed by atoms with Gasteiger partial charge in [-0.05, 0) is 62.6 Å². The molecule has 4 heterocycles. The van der Waals surface area contributed by atoms with E-state index in [0.29, 0.717) is 45.9 Å². The SMILES string of the molecule is COc1ccc(-c2cc(C(=O)N3c4ccccc4CC3C)c3c(C)nn(C4CCS(=O)(=O)C4)c3n2)cc1OC. The van der Waals surface area contributed by atoms with E-state index in [4.69, 9.17) is 19.6 Å². The minimum Gasteiger partial charge on any atom is -0.493 e. The molecule has 0 radical (unpaired) electrons. The number of rotatable bonds is 5. The first kappa shape index (κ1) is 25.4. The Hall–Kier alpha value is -3.92. The molecule has 1 fully saturated rings. The van der Waals surface area contributed by atoms with Crippen LogP contribution in [0.1, 0.15) is 41.0 Å². The number of hydrogen-bond acceptors (Lipinski definition) is 7. The molecule has 0 bridgehead atoms. The lowest BCUT2D eigenvalue weighted by Crippen LogP contribution is -2.36. The van der Waals surface area contributed by atoms with Crippen LogP contribution in [0.2, 0.25) is 0 Å². The van der Waals surface area contributed by atoms with Crippen molar-refractivity contribution in [1.29, 1.82) is 0 Å². The van der Waals surface area contributed by atoms with Crippen molar-refractivity contribution in [2.45, 2.75) is 38.8 Å². The molecule has 2 aliphatic heterocycles. The first-order chi connectivity index (χ1) is 18.7. The number of nitrogens with zero attached hydrogens (tertiary/aromatic N) is 4. The number of carbonyl (C=O) groups excluding carboxylic acids is 1. The molecule has 0 N–H and O–H groups in total. The minimum absolute atomic E-state index is 0.00526. The summed E-state index contributed by atoms with van der Waals surface area (Å²) < 4.78 is 37.3. The maximum atomic E-state index is 14.3. The van der Waals surface area contributed by atoms with E-state index in [9.17, 15) is 13.2 Å². The number of pyridine rings is 1. The van der Waals surface area contributed by atoms with Crippen LogP contribution in [0.4, 0.5) is 5.69 Å². The van der Waals surface area contributed by atoms with E-state index < -0.39 is 9.84 Å². The zero-order valence-electron chi connectivity index (χ0n) is 22.3. The highest BCUT2D eigenvalue weighted by Gasteiger charge is 2.35. The Morgan fingerprint density at radius 1 is 1.05 bits per heavy atom. The third kappa shape index (κ3) is 4.23. The topological polar surface area (TPSA) is 104 Å². The molecule has 0 spiro atoms. The highest BCUT2D eigenvalue weighted by Crippen LogP contribution is 2.38. The maximum absolute atomic E-state index is 14.3. The number of fused-ring (bicyclic) bond motifs is 2. The van der Waals surface area contributed by atoms with Crippen molar-refractivity contribution in [3.05, 3.63) is 65.4 Å². The number of ether oxygens (including phenoxy) is 2. The molecule has 2 aromatic heterocycles. The van der Waals surface area contributed by atoms with E-state index in [1.807, 2.05) is 55.1 Å². The number of carbonyl (C=O) groups is 1. The fraction of sp³-hybridized carbons (Fsp3) is 0.345. The molecular formula is C29H30N4O5S. The Morgan fingerprint density at radius 3 is 2.54 bits per heavy atom. The Morgan fingerprint density at radius 2 is 1.82 bits per heavy atom. The summed E-state index contributed by atoms with van der Waals surface area (Å²) in [7, 11) is -0.0146. The molecule has 10 heteroatoms.